The van der Waals surface area contributed by atoms with Crippen molar-refractivity contribution in [3.8, 4) is 0 Å². The summed E-state index contributed by atoms with van der Waals surface area (Å²) in [5, 5.41) is 0. The maximum Gasteiger partial charge on any atom is 0.270 e. The molecule has 13 heavy (non-hydrogen) atoms. The topological polar surface area (TPSA) is 54.4 Å². The Kier molecular flexibility index (Phi) is 2.50. The van der Waals surface area contributed by atoms with E-state index in [1.165, 1.54) is 0 Å². The fraction of sp³-hybridized carbons (Fsp3) is 1.00. The molecule has 0 radical (unpaired) electrons. The third kappa shape index (κ3) is 1.62. The molecule has 0 amide bonds. The molecule has 1 unspecified atom stereocenters. The van der Waals surface area contributed by atoms with E-state index in [1.54, 1.807) is 6.92 Å². The minimum atomic E-state index is -3.93. The molecule has 3 nitrogen and oxygen atoms in total. The van der Waals surface area contributed by atoms with Crippen molar-refractivity contribution in [2.24, 2.45) is 5.41 Å². The highest BCUT2D eigenvalue weighted by Gasteiger charge is 2.51. The molecule has 78 valence electrons. The highest BCUT2D eigenvalue weighted by Crippen LogP contribution is 2.47. The maximum absolute atomic E-state index is 11.3. The van der Waals surface area contributed by atoms with E-state index in [-0.39, 0.29) is 5.41 Å². The summed E-state index contributed by atoms with van der Waals surface area (Å²) >= 11 is 0. The van der Waals surface area contributed by atoms with Crippen LogP contribution in [0.3, 0.4) is 0 Å². The van der Waals surface area contributed by atoms with Crippen LogP contribution in [-0.4, -0.2) is 17.7 Å². The van der Waals surface area contributed by atoms with Crippen molar-refractivity contribution in [3.05, 3.63) is 0 Å². The van der Waals surface area contributed by atoms with Crippen molar-refractivity contribution in [1.82, 2.24) is 0 Å². The van der Waals surface area contributed by atoms with E-state index < -0.39 is 14.9 Å². The Balaban J connectivity index is 3.13. The maximum atomic E-state index is 11.3. The highest BCUT2D eigenvalue weighted by molar-refractivity contribution is 7.87. The third-order valence-corrected chi connectivity index (χ3v) is 5.60. The molecule has 1 fully saturated rings. The summed E-state index contributed by atoms with van der Waals surface area (Å²) in [6, 6.07) is 0. The van der Waals surface area contributed by atoms with E-state index in [2.05, 4.69) is 0 Å². The molecule has 1 aliphatic carbocycles. The largest absolute Gasteiger partial charge is 0.285 e. The van der Waals surface area contributed by atoms with Crippen LogP contribution in [0.4, 0.5) is 0 Å². The van der Waals surface area contributed by atoms with Crippen molar-refractivity contribution < 1.29 is 13.0 Å². The molecule has 0 spiro atoms. The number of rotatable bonds is 1. The fourth-order valence-electron chi connectivity index (χ4n) is 2.11. The van der Waals surface area contributed by atoms with Crippen LogP contribution < -0.4 is 0 Å². The van der Waals surface area contributed by atoms with Gasteiger partial charge in [0.15, 0.2) is 0 Å². The van der Waals surface area contributed by atoms with Crippen molar-refractivity contribution in [2.45, 2.75) is 51.2 Å². The van der Waals surface area contributed by atoms with E-state index in [4.69, 9.17) is 0 Å². The Morgan fingerprint density at radius 1 is 1.08 bits per heavy atom. The molecule has 1 rings (SSSR count). The molecular weight excluding hydrogens is 188 g/mol. The quantitative estimate of drug-likeness (QED) is 0.669. The van der Waals surface area contributed by atoms with Crippen LogP contribution in [0, 0.1) is 5.41 Å². The lowest BCUT2D eigenvalue weighted by Crippen LogP contribution is -2.50. The summed E-state index contributed by atoms with van der Waals surface area (Å²) in [5.74, 6) is 0. The van der Waals surface area contributed by atoms with Crippen molar-refractivity contribution in [3.63, 3.8) is 0 Å². The SMILES string of the molecule is CC1(C)CCCCC1(C)S(=O)(=O)O. The fourth-order valence-corrected chi connectivity index (χ4v) is 3.31. The second-order valence-corrected chi connectivity index (χ2v) is 6.65. The highest BCUT2D eigenvalue weighted by atomic mass is 32.2. The predicted molar refractivity (Wildman–Crippen MR) is 52.2 cm³/mol. The van der Waals surface area contributed by atoms with Gasteiger partial charge >= 0.3 is 0 Å². The van der Waals surface area contributed by atoms with E-state index in [1.807, 2.05) is 13.8 Å². The zero-order valence-corrected chi connectivity index (χ0v) is 9.32. The smallest absolute Gasteiger partial charge is 0.270 e. The van der Waals surface area contributed by atoms with Crippen LogP contribution in [0.15, 0.2) is 0 Å². The summed E-state index contributed by atoms with van der Waals surface area (Å²) in [7, 11) is -3.93. The first-order valence-corrected chi connectivity index (χ1v) is 6.12. The van der Waals surface area contributed by atoms with Crippen LogP contribution in [0.5, 0.6) is 0 Å². The average Bonchev–Trinajstić information content (AvgIpc) is 1.93. The molecule has 1 N–H and O–H groups in total. The average molecular weight is 206 g/mol. The van der Waals surface area contributed by atoms with Gasteiger partial charge in [-0.3, -0.25) is 4.55 Å². The van der Waals surface area contributed by atoms with Gasteiger partial charge in [-0.1, -0.05) is 26.7 Å². The van der Waals surface area contributed by atoms with Crippen molar-refractivity contribution in [1.29, 1.82) is 0 Å². The van der Waals surface area contributed by atoms with Gasteiger partial charge < -0.3 is 0 Å². The monoisotopic (exact) mass is 206 g/mol. The van der Waals surface area contributed by atoms with Crippen LogP contribution in [0.1, 0.15) is 46.5 Å². The van der Waals surface area contributed by atoms with E-state index in [9.17, 15) is 13.0 Å². The van der Waals surface area contributed by atoms with Gasteiger partial charge in [0.1, 0.15) is 0 Å². The Hall–Kier alpha value is -0.0900. The first-order chi connectivity index (χ1) is 5.71. The predicted octanol–water partition coefficient (Wildman–Crippen LogP) is 2.23. The van der Waals surface area contributed by atoms with Crippen molar-refractivity contribution in [2.75, 3.05) is 0 Å². The second-order valence-electron chi connectivity index (χ2n) is 4.80. The first-order valence-electron chi connectivity index (χ1n) is 4.68. The number of hydrogen-bond acceptors (Lipinski definition) is 2. The van der Waals surface area contributed by atoms with Gasteiger partial charge in [0, 0.05) is 0 Å². The van der Waals surface area contributed by atoms with Crippen LogP contribution in [0.2, 0.25) is 0 Å². The summed E-state index contributed by atoms with van der Waals surface area (Å²) in [5.41, 5.74) is -0.321. The molecule has 0 heterocycles. The lowest BCUT2D eigenvalue weighted by molar-refractivity contribution is 0.165. The lowest BCUT2D eigenvalue weighted by atomic mass is 9.69. The molecular formula is C9H18O3S. The van der Waals surface area contributed by atoms with Crippen LogP contribution in [0.25, 0.3) is 0 Å². The Bertz CT molecular complexity index is 292. The molecule has 0 aliphatic heterocycles. The van der Waals surface area contributed by atoms with Gasteiger partial charge in [-0.25, -0.2) is 0 Å². The normalized spacial score (nSPS) is 34.5. The van der Waals surface area contributed by atoms with E-state index >= 15 is 0 Å². The van der Waals surface area contributed by atoms with Crippen molar-refractivity contribution >= 4 is 10.1 Å². The van der Waals surface area contributed by atoms with Gasteiger partial charge in [-0.2, -0.15) is 8.42 Å². The number of hydrogen-bond donors (Lipinski definition) is 1. The van der Waals surface area contributed by atoms with Crippen LogP contribution >= 0.6 is 0 Å². The minimum absolute atomic E-state index is 0.321. The second kappa shape index (κ2) is 2.95. The molecule has 1 saturated carbocycles. The Morgan fingerprint density at radius 3 is 1.85 bits per heavy atom. The Morgan fingerprint density at radius 2 is 1.54 bits per heavy atom. The summed E-state index contributed by atoms with van der Waals surface area (Å²) in [6.07, 6.45) is 3.37. The van der Waals surface area contributed by atoms with Gasteiger partial charge in [0.2, 0.25) is 0 Å². The van der Waals surface area contributed by atoms with Gasteiger partial charge in [0.25, 0.3) is 10.1 Å². The molecule has 0 aromatic carbocycles. The molecule has 0 bridgehead atoms. The zero-order chi connectivity index (χ0) is 10.3. The van der Waals surface area contributed by atoms with Crippen LogP contribution in [-0.2, 0) is 10.1 Å². The molecule has 1 aliphatic rings. The standard InChI is InChI=1S/C9H18O3S/c1-8(2)6-4-5-7-9(8,3)13(10,11)12/h4-7H2,1-3H3,(H,10,11,12). The summed E-state index contributed by atoms with van der Waals surface area (Å²) in [4.78, 5) is 0. The minimum Gasteiger partial charge on any atom is -0.285 e. The summed E-state index contributed by atoms with van der Waals surface area (Å²) < 4.78 is 30.8. The lowest BCUT2D eigenvalue weighted by Gasteiger charge is -2.45. The van der Waals surface area contributed by atoms with Gasteiger partial charge in [0.05, 0.1) is 4.75 Å². The van der Waals surface area contributed by atoms with Gasteiger partial charge in [-0.05, 0) is 25.2 Å². The first kappa shape index (κ1) is 11.0. The molecule has 0 saturated heterocycles. The Labute approximate surface area is 80.3 Å². The molecule has 0 aromatic rings. The molecule has 0 aromatic heterocycles. The summed E-state index contributed by atoms with van der Waals surface area (Å²) in [6.45, 7) is 5.49. The van der Waals surface area contributed by atoms with E-state index in [0.717, 1.165) is 19.3 Å². The molecule has 1 atom stereocenters. The molecule has 4 heteroatoms. The zero-order valence-electron chi connectivity index (χ0n) is 8.50. The van der Waals surface area contributed by atoms with E-state index in [0.29, 0.717) is 6.42 Å². The van der Waals surface area contributed by atoms with Gasteiger partial charge in [-0.15, -0.1) is 0 Å². The third-order valence-electron chi connectivity index (χ3n) is 3.71.